The van der Waals surface area contributed by atoms with E-state index in [1.165, 1.54) is 11.7 Å². The predicted molar refractivity (Wildman–Crippen MR) is 45.3 cm³/mol. The van der Waals surface area contributed by atoms with Crippen LogP contribution >= 0.6 is 0 Å². The van der Waals surface area contributed by atoms with Crippen molar-refractivity contribution in [1.82, 2.24) is 9.78 Å². The van der Waals surface area contributed by atoms with Crippen LogP contribution in [0.25, 0.3) is 0 Å². The maximum absolute atomic E-state index is 11.0. The summed E-state index contributed by atoms with van der Waals surface area (Å²) in [5.74, 6) is 0. The summed E-state index contributed by atoms with van der Waals surface area (Å²) >= 11 is 0. The van der Waals surface area contributed by atoms with E-state index in [0.29, 0.717) is 5.69 Å². The molecular weight excluding hydrogens is 178 g/mol. The second-order valence-electron chi connectivity index (χ2n) is 2.53. The van der Waals surface area contributed by atoms with Crippen LogP contribution in [0.4, 0.5) is 5.69 Å². The Hall–Kier alpha value is -1.04. The van der Waals surface area contributed by atoms with Crippen LogP contribution in [-0.4, -0.2) is 31.5 Å². The number of hydrogen-bond donors (Lipinski definition) is 0. The lowest BCUT2D eigenvalue weighted by Gasteiger charge is -2.12. The molecule has 1 radical (unpaired) electrons. The van der Waals surface area contributed by atoms with Crippen LogP contribution in [0.3, 0.4) is 0 Å². The summed E-state index contributed by atoms with van der Waals surface area (Å²) in [6, 6.07) is 0. The Balaban J connectivity index is 3.01. The van der Waals surface area contributed by atoms with Crippen molar-refractivity contribution in [3.05, 3.63) is 12.4 Å². The molecule has 0 N–H and O–H groups in total. The van der Waals surface area contributed by atoms with E-state index in [1.54, 1.807) is 13.2 Å². The highest BCUT2D eigenvalue weighted by atomic mass is 32.2. The highest BCUT2D eigenvalue weighted by Gasteiger charge is 2.13. The van der Waals surface area contributed by atoms with Gasteiger partial charge in [0.05, 0.1) is 11.9 Å². The zero-order chi connectivity index (χ0) is 9.35. The molecule has 1 rings (SSSR count). The van der Waals surface area contributed by atoms with Crippen LogP contribution in [-0.2, 0) is 17.1 Å². The van der Waals surface area contributed by atoms with Gasteiger partial charge >= 0.3 is 0 Å². The van der Waals surface area contributed by atoms with Crippen LogP contribution in [0.2, 0.25) is 0 Å². The molecule has 0 aliphatic rings. The largest absolute Gasteiger partial charge is 0.273 e. The highest BCUT2D eigenvalue weighted by Crippen LogP contribution is 2.11. The normalized spacial score (nSPS) is 11.6. The molecule has 0 aromatic carbocycles. The summed E-state index contributed by atoms with van der Waals surface area (Å²) in [5.41, 5.74) is 0.444. The Morgan fingerprint density at radius 3 is 2.58 bits per heavy atom. The van der Waals surface area contributed by atoms with Crippen molar-refractivity contribution < 1.29 is 8.42 Å². The second kappa shape index (κ2) is 2.78. The van der Waals surface area contributed by atoms with Crippen molar-refractivity contribution in [2.24, 2.45) is 7.05 Å². The van der Waals surface area contributed by atoms with E-state index < -0.39 is 10.0 Å². The summed E-state index contributed by atoms with van der Waals surface area (Å²) in [7, 11) is -0.0282. The van der Waals surface area contributed by atoms with Crippen LogP contribution < -0.4 is 4.31 Å². The fourth-order valence-corrected chi connectivity index (χ4v) is 1.14. The summed E-state index contributed by atoms with van der Waals surface area (Å²) in [5, 5.41) is 3.74. The molecule has 0 aliphatic carbocycles. The third-order valence-corrected chi connectivity index (χ3v) is 2.66. The van der Waals surface area contributed by atoms with Crippen molar-refractivity contribution in [2.45, 2.75) is 0 Å². The fraction of sp³-hybridized carbons (Fsp3) is 0.500. The third-order valence-electron chi connectivity index (χ3n) is 1.47. The summed E-state index contributed by atoms with van der Waals surface area (Å²) < 4.78 is 24.6. The first kappa shape index (κ1) is 9.05. The molecule has 0 bridgehead atoms. The number of nitrogens with zero attached hydrogens (tertiary/aromatic N) is 3. The standard InChI is InChI=1S/C6H10N3O2S/c1-8-5-6(4-7-8)9(2)12(3,10)11/h5H,1-3H3. The quantitative estimate of drug-likeness (QED) is 0.635. The maximum atomic E-state index is 11.0. The minimum absolute atomic E-state index is 0.444. The Labute approximate surface area is 71.7 Å². The van der Waals surface area contributed by atoms with Crippen molar-refractivity contribution in [1.29, 1.82) is 0 Å². The average Bonchev–Trinajstić information content (AvgIpc) is 2.32. The van der Waals surface area contributed by atoms with Gasteiger partial charge in [0.2, 0.25) is 10.0 Å². The molecule has 0 saturated carbocycles. The van der Waals surface area contributed by atoms with Gasteiger partial charge in [-0.3, -0.25) is 8.99 Å². The van der Waals surface area contributed by atoms with Crippen molar-refractivity contribution in [3.8, 4) is 0 Å². The zero-order valence-electron chi connectivity index (χ0n) is 7.14. The van der Waals surface area contributed by atoms with E-state index in [0.717, 1.165) is 10.6 Å². The number of aromatic nitrogens is 2. The molecule has 6 heteroatoms. The lowest BCUT2D eigenvalue weighted by Crippen LogP contribution is -2.24. The molecule has 0 atom stereocenters. The first-order valence-electron chi connectivity index (χ1n) is 3.26. The molecule has 0 saturated heterocycles. The maximum Gasteiger partial charge on any atom is 0.232 e. The van der Waals surface area contributed by atoms with E-state index in [2.05, 4.69) is 11.3 Å². The molecule has 0 amide bonds. The first-order chi connectivity index (χ1) is 5.41. The number of anilines is 1. The summed E-state index contributed by atoms with van der Waals surface area (Å²) in [4.78, 5) is 0. The van der Waals surface area contributed by atoms with Gasteiger partial charge < -0.3 is 0 Å². The van der Waals surface area contributed by atoms with Crippen LogP contribution in [0.5, 0.6) is 0 Å². The lowest BCUT2D eigenvalue weighted by molar-refractivity contribution is 0.600. The van der Waals surface area contributed by atoms with Gasteiger partial charge in [0.1, 0.15) is 6.20 Å². The van der Waals surface area contributed by atoms with Gasteiger partial charge in [0.25, 0.3) is 0 Å². The molecule has 5 nitrogen and oxygen atoms in total. The van der Waals surface area contributed by atoms with E-state index >= 15 is 0 Å². The van der Waals surface area contributed by atoms with Gasteiger partial charge in [-0.25, -0.2) is 8.42 Å². The Bertz CT molecular complexity index is 368. The number of rotatable bonds is 2. The third kappa shape index (κ3) is 1.76. The minimum atomic E-state index is -3.19. The smallest absolute Gasteiger partial charge is 0.232 e. The molecular formula is C6H10N3O2S. The van der Waals surface area contributed by atoms with Gasteiger partial charge in [0.15, 0.2) is 0 Å². The predicted octanol–water partition coefficient (Wildman–Crippen LogP) is -0.384. The van der Waals surface area contributed by atoms with Crippen LogP contribution in [0.15, 0.2) is 6.20 Å². The van der Waals surface area contributed by atoms with E-state index in [4.69, 9.17) is 0 Å². The van der Waals surface area contributed by atoms with Gasteiger partial charge in [-0.2, -0.15) is 5.10 Å². The molecule has 0 spiro atoms. The number of aryl methyl sites for hydroxylation is 1. The topological polar surface area (TPSA) is 55.2 Å². The SMILES string of the molecule is CN(c1[c]nn(C)c1)S(C)(=O)=O. The Kier molecular flexibility index (Phi) is 2.10. The second-order valence-corrected chi connectivity index (χ2v) is 4.54. The van der Waals surface area contributed by atoms with Crippen molar-refractivity contribution >= 4 is 15.7 Å². The zero-order valence-corrected chi connectivity index (χ0v) is 7.96. The average molecular weight is 188 g/mol. The molecule has 1 aromatic rings. The minimum Gasteiger partial charge on any atom is -0.273 e. The van der Waals surface area contributed by atoms with Crippen LogP contribution in [0, 0.1) is 6.20 Å². The summed E-state index contributed by atoms with van der Waals surface area (Å²) in [6.45, 7) is 0. The van der Waals surface area contributed by atoms with Crippen molar-refractivity contribution in [3.63, 3.8) is 0 Å². The van der Waals surface area contributed by atoms with Gasteiger partial charge in [-0.15, -0.1) is 0 Å². The molecule has 0 fully saturated rings. The van der Waals surface area contributed by atoms with Gasteiger partial charge in [-0.05, 0) is 0 Å². The first-order valence-corrected chi connectivity index (χ1v) is 5.11. The molecule has 1 heterocycles. The summed E-state index contributed by atoms with van der Waals surface area (Å²) in [6.07, 6.45) is 5.29. The Morgan fingerprint density at radius 1 is 1.67 bits per heavy atom. The van der Waals surface area contributed by atoms with E-state index in [9.17, 15) is 8.42 Å². The monoisotopic (exact) mass is 188 g/mol. The number of sulfonamides is 1. The molecule has 12 heavy (non-hydrogen) atoms. The molecule has 0 unspecified atom stereocenters. The van der Waals surface area contributed by atoms with Gasteiger partial charge in [-0.1, -0.05) is 0 Å². The number of hydrogen-bond acceptors (Lipinski definition) is 3. The molecule has 1 aromatic heterocycles. The molecule has 0 aliphatic heterocycles. The van der Waals surface area contributed by atoms with E-state index in [1.807, 2.05) is 0 Å². The Morgan fingerprint density at radius 2 is 2.25 bits per heavy atom. The van der Waals surface area contributed by atoms with Gasteiger partial charge in [0, 0.05) is 20.3 Å². The van der Waals surface area contributed by atoms with E-state index in [-0.39, 0.29) is 0 Å². The van der Waals surface area contributed by atoms with Crippen LogP contribution in [0.1, 0.15) is 0 Å². The highest BCUT2D eigenvalue weighted by molar-refractivity contribution is 7.92. The molecule has 67 valence electrons. The fourth-order valence-electron chi connectivity index (χ4n) is 0.695. The lowest BCUT2D eigenvalue weighted by atomic mass is 10.6. The van der Waals surface area contributed by atoms with Crippen molar-refractivity contribution in [2.75, 3.05) is 17.6 Å².